The van der Waals surface area contributed by atoms with Gasteiger partial charge in [-0.25, -0.2) is 0 Å². The molecule has 1 saturated carbocycles. The van der Waals surface area contributed by atoms with Crippen LogP contribution in [0.3, 0.4) is 0 Å². The molecule has 0 aromatic rings. The minimum Gasteiger partial charge on any atom is -0.328 e. The minimum absolute atomic E-state index is 0.413. The van der Waals surface area contributed by atoms with Gasteiger partial charge in [-0.3, -0.25) is 0 Å². The molecule has 0 aliphatic heterocycles. The van der Waals surface area contributed by atoms with E-state index in [0.29, 0.717) is 6.04 Å². The van der Waals surface area contributed by atoms with Crippen LogP contribution in [0.1, 0.15) is 39.5 Å². The van der Waals surface area contributed by atoms with Crippen LogP contribution in [0.4, 0.5) is 0 Å². The molecule has 2 heteroatoms. The Labute approximate surface area is 75.9 Å². The van der Waals surface area contributed by atoms with E-state index >= 15 is 0 Å². The Hall–Kier alpha value is -0.0800. The average molecular weight is 170 g/mol. The average Bonchev–Trinajstić information content (AvgIpc) is 2.67. The van der Waals surface area contributed by atoms with Crippen LogP contribution < -0.4 is 11.1 Å². The summed E-state index contributed by atoms with van der Waals surface area (Å²) in [6, 6.07) is 1.22. The molecule has 3 unspecified atom stereocenters. The molecule has 1 rings (SSSR count). The van der Waals surface area contributed by atoms with Gasteiger partial charge in [-0.1, -0.05) is 20.3 Å². The molecule has 12 heavy (non-hydrogen) atoms. The number of hydrogen-bond acceptors (Lipinski definition) is 2. The highest BCUT2D eigenvalue weighted by molar-refractivity contribution is 4.89. The van der Waals surface area contributed by atoms with Crippen LogP contribution in [0.25, 0.3) is 0 Å². The molecule has 0 spiro atoms. The summed E-state index contributed by atoms with van der Waals surface area (Å²) in [7, 11) is 0. The zero-order valence-electron chi connectivity index (χ0n) is 8.34. The van der Waals surface area contributed by atoms with E-state index in [1.807, 2.05) is 0 Å². The first-order chi connectivity index (χ1) is 5.74. The lowest BCUT2D eigenvalue weighted by atomic mass is 10.1. The van der Waals surface area contributed by atoms with Gasteiger partial charge >= 0.3 is 0 Å². The zero-order valence-corrected chi connectivity index (χ0v) is 8.34. The lowest BCUT2D eigenvalue weighted by Gasteiger charge is -2.10. The van der Waals surface area contributed by atoms with Crippen molar-refractivity contribution in [2.45, 2.75) is 51.6 Å². The molecule has 0 amide bonds. The van der Waals surface area contributed by atoms with E-state index in [9.17, 15) is 0 Å². The summed E-state index contributed by atoms with van der Waals surface area (Å²) < 4.78 is 0. The fraction of sp³-hybridized carbons (Fsp3) is 1.00. The summed E-state index contributed by atoms with van der Waals surface area (Å²) in [5.41, 5.74) is 5.89. The summed E-state index contributed by atoms with van der Waals surface area (Å²) in [6.07, 6.45) is 4.88. The quantitative estimate of drug-likeness (QED) is 0.634. The molecule has 72 valence electrons. The third-order valence-electron chi connectivity index (χ3n) is 2.69. The first kappa shape index (κ1) is 10.0. The second-order valence-corrected chi connectivity index (χ2v) is 4.11. The topological polar surface area (TPSA) is 38.0 Å². The van der Waals surface area contributed by atoms with Gasteiger partial charge in [-0.05, 0) is 31.7 Å². The van der Waals surface area contributed by atoms with Crippen LogP contribution in [0.15, 0.2) is 0 Å². The fourth-order valence-corrected chi connectivity index (χ4v) is 1.58. The molecule has 1 aliphatic rings. The van der Waals surface area contributed by atoms with Crippen molar-refractivity contribution in [3.63, 3.8) is 0 Å². The molecule has 2 nitrogen and oxygen atoms in total. The molecular formula is C10H22N2. The molecule has 0 aromatic heterocycles. The standard InChI is InChI=1S/C10H22N2/c1-3-4-9(11)5-6-12-10-7-8(10)2/h8-10,12H,3-7,11H2,1-2H3. The molecule has 0 aromatic carbocycles. The predicted molar refractivity (Wildman–Crippen MR) is 53.1 cm³/mol. The highest BCUT2D eigenvalue weighted by Gasteiger charge is 2.31. The third-order valence-corrected chi connectivity index (χ3v) is 2.69. The third kappa shape index (κ3) is 3.55. The Morgan fingerprint density at radius 3 is 2.67 bits per heavy atom. The van der Waals surface area contributed by atoms with Crippen LogP contribution in [0, 0.1) is 5.92 Å². The normalized spacial score (nSPS) is 30.2. The highest BCUT2D eigenvalue weighted by atomic mass is 15.0. The van der Waals surface area contributed by atoms with E-state index in [-0.39, 0.29) is 0 Å². The van der Waals surface area contributed by atoms with E-state index in [4.69, 9.17) is 5.73 Å². The summed E-state index contributed by atoms with van der Waals surface area (Å²) >= 11 is 0. The molecular weight excluding hydrogens is 148 g/mol. The maximum atomic E-state index is 5.89. The van der Waals surface area contributed by atoms with Gasteiger partial charge in [-0.2, -0.15) is 0 Å². The molecule has 1 aliphatic carbocycles. The van der Waals surface area contributed by atoms with E-state index in [2.05, 4.69) is 19.2 Å². The predicted octanol–water partition coefficient (Wildman–Crippen LogP) is 1.50. The maximum absolute atomic E-state index is 5.89. The summed E-state index contributed by atoms with van der Waals surface area (Å²) in [6.45, 7) is 5.59. The molecule has 0 bridgehead atoms. The molecule has 0 saturated heterocycles. The molecule has 0 heterocycles. The first-order valence-corrected chi connectivity index (χ1v) is 5.23. The number of hydrogen-bond donors (Lipinski definition) is 2. The fourth-order valence-electron chi connectivity index (χ4n) is 1.58. The van der Waals surface area contributed by atoms with Crippen LogP contribution >= 0.6 is 0 Å². The van der Waals surface area contributed by atoms with Crippen molar-refractivity contribution < 1.29 is 0 Å². The Kier molecular flexibility index (Phi) is 4.02. The van der Waals surface area contributed by atoms with Gasteiger partial charge in [0.15, 0.2) is 0 Å². The smallest absolute Gasteiger partial charge is 0.00963 e. The Bertz CT molecular complexity index is 125. The highest BCUT2D eigenvalue weighted by Crippen LogP contribution is 2.28. The Balaban J connectivity index is 1.88. The van der Waals surface area contributed by atoms with E-state index in [1.165, 1.54) is 19.3 Å². The van der Waals surface area contributed by atoms with Crippen LogP contribution in [-0.2, 0) is 0 Å². The summed E-state index contributed by atoms with van der Waals surface area (Å²) in [4.78, 5) is 0. The molecule has 3 N–H and O–H groups in total. The molecule has 3 atom stereocenters. The van der Waals surface area contributed by atoms with Crippen molar-refractivity contribution in [3.05, 3.63) is 0 Å². The van der Waals surface area contributed by atoms with Crippen molar-refractivity contribution in [3.8, 4) is 0 Å². The largest absolute Gasteiger partial charge is 0.328 e. The number of nitrogens with two attached hydrogens (primary N) is 1. The van der Waals surface area contributed by atoms with Crippen molar-refractivity contribution in [1.82, 2.24) is 5.32 Å². The van der Waals surface area contributed by atoms with Crippen LogP contribution in [-0.4, -0.2) is 18.6 Å². The maximum Gasteiger partial charge on any atom is 0.00963 e. The SMILES string of the molecule is CCCC(N)CCNC1CC1C. The molecule has 0 radical (unpaired) electrons. The van der Waals surface area contributed by atoms with Gasteiger partial charge in [0.2, 0.25) is 0 Å². The van der Waals surface area contributed by atoms with Gasteiger partial charge < -0.3 is 11.1 Å². The van der Waals surface area contributed by atoms with Gasteiger partial charge in [0.05, 0.1) is 0 Å². The lowest BCUT2D eigenvalue weighted by Crippen LogP contribution is -2.27. The molecule has 1 fully saturated rings. The van der Waals surface area contributed by atoms with Crippen molar-refractivity contribution in [2.75, 3.05) is 6.54 Å². The lowest BCUT2D eigenvalue weighted by molar-refractivity contribution is 0.520. The second kappa shape index (κ2) is 4.83. The summed E-state index contributed by atoms with van der Waals surface area (Å²) in [5, 5.41) is 3.52. The van der Waals surface area contributed by atoms with Crippen LogP contribution in [0.5, 0.6) is 0 Å². The summed E-state index contributed by atoms with van der Waals surface area (Å²) in [5.74, 6) is 0.910. The van der Waals surface area contributed by atoms with Gasteiger partial charge in [-0.15, -0.1) is 0 Å². The minimum atomic E-state index is 0.413. The van der Waals surface area contributed by atoms with Crippen molar-refractivity contribution >= 4 is 0 Å². The van der Waals surface area contributed by atoms with Crippen LogP contribution in [0.2, 0.25) is 0 Å². The van der Waals surface area contributed by atoms with Gasteiger partial charge in [0, 0.05) is 12.1 Å². The second-order valence-electron chi connectivity index (χ2n) is 4.11. The van der Waals surface area contributed by atoms with Crippen molar-refractivity contribution in [2.24, 2.45) is 11.7 Å². The van der Waals surface area contributed by atoms with Gasteiger partial charge in [0.1, 0.15) is 0 Å². The van der Waals surface area contributed by atoms with E-state index in [0.717, 1.165) is 24.9 Å². The Morgan fingerprint density at radius 1 is 1.50 bits per heavy atom. The number of rotatable bonds is 6. The van der Waals surface area contributed by atoms with E-state index < -0.39 is 0 Å². The number of nitrogens with one attached hydrogen (secondary N) is 1. The van der Waals surface area contributed by atoms with Crippen molar-refractivity contribution in [1.29, 1.82) is 0 Å². The van der Waals surface area contributed by atoms with Gasteiger partial charge in [0.25, 0.3) is 0 Å². The van der Waals surface area contributed by atoms with E-state index in [1.54, 1.807) is 0 Å². The first-order valence-electron chi connectivity index (χ1n) is 5.23. The zero-order chi connectivity index (χ0) is 8.97. The Morgan fingerprint density at radius 2 is 2.17 bits per heavy atom. The monoisotopic (exact) mass is 170 g/mol.